The smallest absolute Gasteiger partial charge is 0.231 e. The maximum Gasteiger partial charge on any atom is 0.231 e. The number of halogens is 1. The lowest BCUT2D eigenvalue weighted by Gasteiger charge is -2.16. The van der Waals surface area contributed by atoms with E-state index in [-0.39, 0.29) is 30.6 Å². The summed E-state index contributed by atoms with van der Waals surface area (Å²) in [6.45, 7) is 0.244. The number of carbonyl (C=O) groups is 2. The van der Waals surface area contributed by atoms with Gasteiger partial charge in [0, 0.05) is 18.7 Å². The van der Waals surface area contributed by atoms with Gasteiger partial charge in [-0.25, -0.2) is 4.39 Å². The molecule has 25 heavy (non-hydrogen) atoms. The molecule has 0 bridgehead atoms. The number of amides is 2. The molecule has 9 heteroatoms. The van der Waals surface area contributed by atoms with Crippen molar-refractivity contribution in [2.24, 2.45) is 5.92 Å². The first-order valence-electron chi connectivity index (χ1n) is 7.33. The minimum Gasteiger partial charge on any atom is -0.312 e. The van der Waals surface area contributed by atoms with Gasteiger partial charge >= 0.3 is 0 Å². The lowest BCUT2D eigenvalue weighted by molar-refractivity contribution is -0.122. The Balaban J connectivity index is 1.62. The summed E-state index contributed by atoms with van der Waals surface area (Å²) >= 11 is 2.60. The van der Waals surface area contributed by atoms with E-state index in [0.717, 1.165) is 0 Å². The maximum absolute atomic E-state index is 13.0. The van der Waals surface area contributed by atoms with Gasteiger partial charge in [0.1, 0.15) is 5.82 Å². The summed E-state index contributed by atoms with van der Waals surface area (Å²) in [7, 11) is 0. The van der Waals surface area contributed by atoms with Crippen LogP contribution in [0.2, 0.25) is 0 Å². The number of nitrogens with one attached hydrogen (secondary N) is 1. The Morgan fingerprint density at radius 2 is 2.20 bits per heavy atom. The predicted molar refractivity (Wildman–Crippen MR) is 95.0 cm³/mol. The minimum absolute atomic E-state index is 0.0979. The lowest BCUT2D eigenvalue weighted by Crippen LogP contribution is -2.28. The van der Waals surface area contributed by atoms with E-state index in [2.05, 4.69) is 21.4 Å². The van der Waals surface area contributed by atoms with Crippen LogP contribution in [0.15, 0.2) is 28.6 Å². The Labute approximate surface area is 151 Å². The van der Waals surface area contributed by atoms with Crippen molar-refractivity contribution < 1.29 is 14.0 Å². The fraction of sp³-hybridized carbons (Fsp3) is 0.250. The van der Waals surface area contributed by atoms with Gasteiger partial charge in [0.2, 0.25) is 16.9 Å². The van der Waals surface area contributed by atoms with Crippen LogP contribution in [0, 0.1) is 24.1 Å². The summed E-state index contributed by atoms with van der Waals surface area (Å²) in [5, 5.41) is 10.9. The summed E-state index contributed by atoms with van der Waals surface area (Å²) in [6, 6.07) is 5.61. The van der Waals surface area contributed by atoms with Gasteiger partial charge in [-0.05, 0) is 24.3 Å². The predicted octanol–water partition coefficient (Wildman–Crippen LogP) is 2.39. The molecule has 1 N–H and O–H groups in total. The monoisotopic (exact) mass is 376 g/mol. The van der Waals surface area contributed by atoms with Gasteiger partial charge in [-0.15, -0.1) is 16.6 Å². The van der Waals surface area contributed by atoms with Crippen molar-refractivity contribution in [3.8, 4) is 12.3 Å². The molecule has 0 spiro atoms. The van der Waals surface area contributed by atoms with Crippen molar-refractivity contribution in [1.29, 1.82) is 0 Å². The quantitative estimate of drug-likeness (QED) is 0.493. The molecule has 1 atom stereocenters. The van der Waals surface area contributed by atoms with E-state index in [0.29, 0.717) is 20.9 Å². The number of hydrogen-bond donors (Lipinski definition) is 1. The summed E-state index contributed by atoms with van der Waals surface area (Å²) < 4.78 is 13.7. The molecule has 6 nitrogen and oxygen atoms in total. The van der Waals surface area contributed by atoms with Crippen molar-refractivity contribution in [3.05, 3.63) is 30.1 Å². The summed E-state index contributed by atoms with van der Waals surface area (Å²) in [5.74, 6) is 1.63. The number of rotatable bonds is 5. The molecule has 1 aromatic carbocycles. The minimum atomic E-state index is -0.497. The van der Waals surface area contributed by atoms with Crippen LogP contribution in [0.25, 0.3) is 0 Å². The van der Waals surface area contributed by atoms with Crippen LogP contribution >= 0.6 is 23.1 Å². The molecule has 128 valence electrons. The van der Waals surface area contributed by atoms with Crippen molar-refractivity contribution in [2.45, 2.75) is 10.8 Å². The number of benzene rings is 1. The Morgan fingerprint density at radius 1 is 1.44 bits per heavy atom. The highest BCUT2D eigenvalue weighted by Gasteiger charge is 2.35. The highest BCUT2D eigenvalue weighted by atomic mass is 32.2. The highest BCUT2D eigenvalue weighted by Crippen LogP contribution is 2.28. The molecule has 1 saturated heterocycles. The van der Waals surface area contributed by atoms with Crippen LogP contribution in [-0.2, 0) is 9.59 Å². The zero-order chi connectivity index (χ0) is 17.8. The standard InChI is InChI=1S/C16H13FN4O2S2/c1-2-7-24-16-20-19-15(25-16)18-14(23)10-8-13(22)21(9-10)12-5-3-11(17)4-6-12/h1,3-6,10H,7-9H2,(H,18,19,23)/t10-/m1/s1. The number of terminal acetylenes is 1. The van der Waals surface area contributed by atoms with Crippen LogP contribution in [-0.4, -0.2) is 34.3 Å². The molecule has 0 aliphatic carbocycles. The van der Waals surface area contributed by atoms with E-state index < -0.39 is 5.92 Å². The maximum atomic E-state index is 13.0. The third kappa shape index (κ3) is 4.15. The molecule has 2 heterocycles. The zero-order valence-electron chi connectivity index (χ0n) is 12.9. The molecule has 0 saturated carbocycles. The molecule has 1 aliphatic rings. The Bertz CT molecular complexity index is 831. The molecular weight excluding hydrogens is 363 g/mol. The molecule has 3 rings (SSSR count). The van der Waals surface area contributed by atoms with Gasteiger partial charge in [-0.3, -0.25) is 9.59 Å². The van der Waals surface area contributed by atoms with E-state index in [1.54, 1.807) is 0 Å². The van der Waals surface area contributed by atoms with Gasteiger partial charge in [-0.2, -0.15) is 0 Å². The van der Waals surface area contributed by atoms with Crippen molar-refractivity contribution in [1.82, 2.24) is 10.2 Å². The van der Waals surface area contributed by atoms with Crippen molar-refractivity contribution in [2.75, 3.05) is 22.5 Å². The summed E-state index contributed by atoms with van der Waals surface area (Å²) in [6.07, 6.45) is 5.29. The molecule has 1 fully saturated rings. The van der Waals surface area contributed by atoms with Crippen molar-refractivity contribution in [3.63, 3.8) is 0 Å². The van der Waals surface area contributed by atoms with E-state index >= 15 is 0 Å². The third-order valence-electron chi connectivity index (χ3n) is 3.55. The van der Waals surface area contributed by atoms with Crippen LogP contribution in [0.5, 0.6) is 0 Å². The third-order valence-corrected chi connectivity index (χ3v) is 5.43. The fourth-order valence-corrected chi connectivity index (χ4v) is 3.82. The first kappa shape index (κ1) is 17.4. The first-order valence-corrected chi connectivity index (χ1v) is 9.13. The van der Waals surface area contributed by atoms with E-state index in [4.69, 9.17) is 6.42 Å². The van der Waals surface area contributed by atoms with Gasteiger partial charge in [0.15, 0.2) is 4.34 Å². The average molecular weight is 376 g/mol. The second kappa shape index (κ2) is 7.63. The highest BCUT2D eigenvalue weighted by molar-refractivity contribution is 8.01. The summed E-state index contributed by atoms with van der Waals surface area (Å²) in [5.41, 5.74) is 0.575. The number of aromatic nitrogens is 2. The normalized spacial score (nSPS) is 16.7. The lowest BCUT2D eigenvalue weighted by atomic mass is 10.1. The van der Waals surface area contributed by atoms with Gasteiger partial charge < -0.3 is 10.2 Å². The van der Waals surface area contributed by atoms with Gasteiger partial charge in [-0.1, -0.05) is 29.0 Å². The number of carbonyl (C=O) groups excluding carboxylic acids is 2. The van der Waals surface area contributed by atoms with Gasteiger partial charge in [0.05, 0.1) is 11.7 Å². The number of anilines is 2. The molecule has 2 amide bonds. The largest absolute Gasteiger partial charge is 0.312 e. The zero-order valence-corrected chi connectivity index (χ0v) is 14.6. The Morgan fingerprint density at radius 3 is 2.92 bits per heavy atom. The van der Waals surface area contributed by atoms with Crippen LogP contribution < -0.4 is 10.2 Å². The fourth-order valence-electron chi connectivity index (χ4n) is 2.38. The number of nitrogens with zero attached hydrogens (tertiary/aromatic N) is 3. The van der Waals surface area contributed by atoms with Crippen LogP contribution in [0.4, 0.5) is 15.2 Å². The Hall–Kier alpha value is -2.44. The van der Waals surface area contributed by atoms with Gasteiger partial charge in [0.25, 0.3) is 0 Å². The molecule has 1 aliphatic heterocycles. The molecule has 2 aromatic rings. The first-order chi connectivity index (χ1) is 12.1. The molecule has 1 aromatic heterocycles. The van der Waals surface area contributed by atoms with Crippen LogP contribution in [0.1, 0.15) is 6.42 Å². The molecule has 0 radical (unpaired) electrons. The van der Waals surface area contributed by atoms with E-state index in [9.17, 15) is 14.0 Å². The topological polar surface area (TPSA) is 75.2 Å². The molecule has 0 unspecified atom stereocenters. The van der Waals surface area contributed by atoms with E-state index in [1.165, 1.54) is 52.3 Å². The SMILES string of the molecule is C#CCSc1nnc(NC(=O)[C@@H]2CC(=O)N(c3ccc(F)cc3)C2)s1. The van der Waals surface area contributed by atoms with Crippen LogP contribution in [0.3, 0.4) is 0 Å². The molecular formula is C16H13FN4O2S2. The Kier molecular flexibility index (Phi) is 5.31. The van der Waals surface area contributed by atoms with Crippen molar-refractivity contribution >= 4 is 45.7 Å². The number of hydrogen-bond acceptors (Lipinski definition) is 6. The second-order valence-electron chi connectivity index (χ2n) is 5.24. The number of thioether (sulfide) groups is 1. The van der Waals surface area contributed by atoms with E-state index in [1.807, 2.05) is 0 Å². The average Bonchev–Trinajstić information content (AvgIpc) is 3.20. The second-order valence-corrected chi connectivity index (χ2v) is 7.44. The summed E-state index contributed by atoms with van der Waals surface area (Å²) in [4.78, 5) is 26.0.